The zero-order valence-electron chi connectivity index (χ0n) is 8.91. The van der Waals surface area contributed by atoms with Gasteiger partial charge in [0, 0.05) is 0 Å². The van der Waals surface area contributed by atoms with Crippen molar-refractivity contribution in [1.29, 1.82) is 0 Å². The summed E-state index contributed by atoms with van der Waals surface area (Å²) in [6, 6.07) is 0. The zero-order chi connectivity index (χ0) is 8.91. The van der Waals surface area contributed by atoms with E-state index in [-0.39, 0.29) is 0 Å². The summed E-state index contributed by atoms with van der Waals surface area (Å²) in [6.07, 6.45) is 5.79. The second kappa shape index (κ2) is 4.79. The predicted molar refractivity (Wildman–Crippen MR) is 52.8 cm³/mol. The Bertz CT molecular complexity index is 92.2. The fourth-order valence-corrected chi connectivity index (χ4v) is 2.08. The molecule has 0 nitrogen and oxygen atoms in total. The van der Waals surface area contributed by atoms with E-state index < -0.39 is 0 Å². The summed E-state index contributed by atoms with van der Waals surface area (Å²) in [5, 5.41) is 0. The quantitative estimate of drug-likeness (QED) is 0.492. The van der Waals surface area contributed by atoms with Crippen molar-refractivity contribution in [1.82, 2.24) is 0 Å². The maximum Gasteiger partial charge on any atom is -0.0352 e. The van der Waals surface area contributed by atoms with Crippen LogP contribution in [-0.2, 0) is 0 Å². The van der Waals surface area contributed by atoms with Crippen molar-refractivity contribution in [3.8, 4) is 0 Å². The van der Waals surface area contributed by atoms with E-state index >= 15 is 0 Å². The summed E-state index contributed by atoms with van der Waals surface area (Å²) in [6.45, 7) is 11.2. The van der Waals surface area contributed by atoms with E-state index in [1.165, 1.54) is 25.7 Å². The van der Waals surface area contributed by atoms with Crippen LogP contribution < -0.4 is 0 Å². The second-order valence-corrected chi connectivity index (χ2v) is 4.37. The fourth-order valence-electron chi connectivity index (χ4n) is 2.08. The topological polar surface area (TPSA) is 0 Å². The van der Waals surface area contributed by atoms with Crippen LogP contribution >= 0.6 is 0 Å². The molecule has 1 saturated carbocycles. The normalized spacial score (nSPS) is 28.6. The Morgan fingerprint density at radius 2 is 1.73 bits per heavy atom. The van der Waals surface area contributed by atoms with Gasteiger partial charge < -0.3 is 0 Å². The molecule has 0 N–H and O–H groups in total. The highest BCUT2D eigenvalue weighted by Crippen LogP contribution is 2.37. The van der Waals surface area contributed by atoms with Gasteiger partial charge in [-0.1, -0.05) is 47.5 Å². The summed E-state index contributed by atoms with van der Waals surface area (Å²) in [5.74, 6) is 0.980. The van der Waals surface area contributed by atoms with Crippen molar-refractivity contribution in [3.05, 3.63) is 0 Å². The Balaban J connectivity index is 0.000000461. The minimum Gasteiger partial charge on any atom is -0.0683 e. The summed E-state index contributed by atoms with van der Waals surface area (Å²) in [4.78, 5) is 0. The second-order valence-electron chi connectivity index (χ2n) is 4.37. The van der Waals surface area contributed by atoms with Crippen molar-refractivity contribution in [2.45, 2.75) is 60.3 Å². The minimum absolute atomic E-state index is 0.650. The number of rotatable bonds is 0. The molecular formula is C11H24. The van der Waals surface area contributed by atoms with E-state index in [2.05, 4.69) is 20.8 Å². The first-order valence-electron chi connectivity index (χ1n) is 5.10. The Morgan fingerprint density at radius 3 is 2.00 bits per heavy atom. The average molecular weight is 156 g/mol. The first-order chi connectivity index (χ1) is 5.10. The van der Waals surface area contributed by atoms with Gasteiger partial charge in [-0.2, -0.15) is 0 Å². The van der Waals surface area contributed by atoms with Gasteiger partial charge in [-0.15, -0.1) is 0 Å². The number of hydrogen-bond acceptors (Lipinski definition) is 0. The molecule has 0 unspecified atom stereocenters. The third-order valence-electron chi connectivity index (χ3n) is 2.45. The SMILES string of the molecule is CC.C[C@H]1CCCC(C)(C)C1. The van der Waals surface area contributed by atoms with E-state index in [0.29, 0.717) is 5.41 Å². The van der Waals surface area contributed by atoms with Gasteiger partial charge in [0.15, 0.2) is 0 Å². The van der Waals surface area contributed by atoms with Gasteiger partial charge in [0.05, 0.1) is 0 Å². The lowest BCUT2D eigenvalue weighted by Gasteiger charge is -2.33. The molecule has 68 valence electrons. The van der Waals surface area contributed by atoms with Crippen LogP contribution in [0, 0.1) is 11.3 Å². The fraction of sp³-hybridized carbons (Fsp3) is 1.00. The van der Waals surface area contributed by atoms with Crippen molar-refractivity contribution in [2.75, 3.05) is 0 Å². The van der Waals surface area contributed by atoms with Crippen molar-refractivity contribution in [2.24, 2.45) is 11.3 Å². The van der Waals surface area contributed by atoms with Crippen LogP contribution in [0.15, 0.2) is 0 Å². The largest absolute Gasteiger partial charge is 0.0683 e. The smallest absolute Gasteiger partial charge is 0.0352 e. The third kappa shape index (κ3) is 4.44. The van der Waals surface area contributed by atoms with Crippen LogP contribution in [0.4, 0.5) is 0 Å². The van der Waals surface area contributed by atoms with E-state index in [4.69, 9.17) is 0 Å². The molecule has 0 aromatic carbocycles. The summed E-state index contributed by atoms with van der Waals surface area (Å²) in [5.41, 5.74) is 0.650. The third-order valence-corrected chi connectivity index (χ3v) is 2.45. The average Bonchev–Trinajstić information content (AvgIpc) is 1.89. The molecule has 0 saturated heterocycles. The van der Waals surface area contributed by atoms with Crippen LogP contribution in [0.25, 0.3) is 0 Å². The summed E-state index contributed by atoms with van der Waals surface area (Å²) < 4.78 is 0. The Kier molecular flexibility index (Phi) is 4.79. The maximum absolute atomic E-state index is 2.39. The number of hydrogen-bond donors (Lipinski definition) is 0. The first-order valence-corrected chi connectivity index (χ1v) is 5.10. The first kappa shape index (κ1) is 11.0. The molecular weight excluding hydrogens is 132 g/mol. The Morgan fingerprint density at radius 1 is 1.18 bits per heavy atom. The molecule has 0 heteroatoms. The lowest BCUT2D eigenvalue weighted by molar-refractivity contribution is 0.191. The van der Waals surface area contributed by atoms with Crippen LogP contribution in [0.1, 0.15) is 60.3 Å². The highest BCUT2D eigenvalue weighted by molar-refractivity contribution is 4.76. The van der Waals surface area contributed by atoms with Gasteiger partial charge in [-0.05, 0) is 24.2 Å². The van der Waals surface area contributed by atoms with Gasteiger partial charge in [0.2, 0.25) is 0 Å². The van der Waals surface area contributed by atoms with Crippen LogP contribution in [-0.4, -0.2) is 0 Å². The molecule has 1 atom stereocenters. The van der Waals surface area contributed by atoms with E-state index in [1.807, 2.05) is 13.8 Å². The van der Waals surface area contributed by atoms with Crippen LogP contribution in [0.2, 0.25) is 0 Å². The molecule has 0 aromatic heterocycles. The van der Waals surface area contributed by atoms with Gasteiger partial charge in [0.25, 0.3) is 0 Å². The van der Waals surface area contributed by atoms with Gasteiger partial charge in [-0.3, -0.25) is 0 Å². The molecule has 1 aliphatic rings. The molecule has 1 aliphatic carbocycles. The molecule has 0 amide bonds. The molecule has 0 aliphatic heterocycles. The minimum atomic E-state index is 0.650. The standard InChI is InChI=1S/C9H18.C2H6/c1-8-5-4-6-9(2,3)7-8;1-2/h8H,4-7H2,1-3H3;1-2H3/t8-;/m0./s1. The molecule has 1 rings (SSSR count). The van der Waals surface area contributed by atoms with Crippen molar-refractivity contribution in [3.63, 3.8) is 0 Å². The maximum atomic E-state index is 2.39. The lowest BCUT2D eigenvalue weighted by Crippen LogP contribution is -2.20. The Hall–Kier alpha value is 0. The zero-order valence-corrected chi connectivity index (χ0v) is 8.91. The molecule has 1 fully saturated rings. The van der Waals surface area contributed by atoms with Crippen molar-refractivity contribution < 1.29 is 0 Å². The predicted octanol–water partition coefficient (Wildman–Crippen LogP) is 4.25. The molecule has 0 spiro atoms. The van der Waals surface area contributed by atoms with Crippen molar-refractivity contribution >= 4 is 0 Å². The highest BCUT2D eigenvalue weighted by Gasteiger charge is 2.24. The summed E-state index contributed by atoms with van der Waals surface area (Å²) >= 11 is 0. The highest BCUT2D eigenvalue weighted by atomic mass is 14.3. The van der Waals surface area contributed by atoms with E-state index in [1.54, 1.807) is 0 Å². The lowest BCUT2D eigenvalue weighted by atomic mass is 9.73. The van der Waals surface area contributed by atoms with E-state index in [0.717, 1.165) is 5.92 Å². The van der Waals surface area contributed by atoms with Gasteiger partial charge >= 0.3 is 0 Å². The monoisotopic (exact) mass is 156 g/mol. The molecule has 0 aromatic rings. The summed E-state index contributed by atoms with van der Waals surface area (Å²) in [7, 11) is 0. The molecule has 0 heterocycles. The van der Waals surface area contributed by atoms with Crippen LogP contribution in [0.3, 0.4) is 0 Å². The molecule has 0 radical (unpaired) electrons. The molecule has 11 heavy (non-hydrogen) atoms. The Labute approximate surface area is 72.4 Å². The van der Waals surface area contributed by atoms with Gasteiger partial charge in [-0.25, -0.2) is 0 Å². The van der Waals surface area contributed by atoms with E-state index in [9.17, 15) is 0 Å². The van der Waals surface area contributed by atoms with Gasteiger partial charge in [0.1, 0.15) is 0 Å². The van der Waals surface area contributed by atoms with Crippen LogP contribution in [0.5, 0.6) is 0 Å². The molecule has 0 bridgehead atoms.